The van der Waals surface area contributed by atoms with E-state index in [1.165, 1.54) is 193 Å². The lowest BCUT2D eigenvalue weighted by molar-refractivity contribution is -0.151. The van der Waals surface area contributed by atoms with Gasteiger partial charge < -0.3 is 33.9 Å². The molecule has 0 amide bonds. The third-order valence-corrected chi connectivity index (χ3v) is 20.5. The third kappa shape index (κ3) is 72.1. The Hall–Kier alpha value is -2.24. The first kappa shape index (κ1) is 95.8. The van der Waals surface area contributed by atoms with E-state index in [2.05, 4.69) is 51.3 Å². The quantitative estimate of drug-likeness (QED) is 0.0355. The number of aliphatic hydroxyl groups excluding tert-OH is 1. The van der Waals surface area contributed by atoms with Crippen LogP contribution in [0, 0.1) is 0 Å². The van der Waals surface area contributed by atoms with Crippen LogP contribution in [0.5, 0.6) is 0 Å². The summed E-state index contributed by atoms with van der Waals surface area (Å²) in [5.74, 6) is -0.0984. The molecule has 11 heteroatoms. The fraction of sp³-hybridized carbons (Fsp3) is 0.954. The van der Waals surface area contributed by atoms with Crippen molar-refractivity contribution in [2.45, 2.75) is 484 Å². The van der Waals surface area contributed by atoms with E-state index in [4.69, 9.17) is 18.9 Å². The summed E-state index contributed by atoms with van der Waals surface area (Å²) in [7, 11) is 0. The minimum atomic E-state index is -0.456. The van der Waals surface area contributed by atoms with Crippen LogP contribution in [0.15, 0.2) is 0 Å². The molecule has 0 bridgehead atoms. The molecule has 0 aromatic rings. The van der Waals surface area contributed by atoms with Gasteiger partial charge in [0.25, 0.3) is 0 Å². The lowest BCUT2D eigenvalue weighted by atomic mass is 10.0. The van der Waals surface area contributed by atoms with Crippen molar-refractivity contribution in [1.29, 1.82) is 0 Å². The molecule has 0 saturated carbocycles. The van der Waals surface area contributed by atoms with Gasteiger partial charge >= 0.3 is 23.9 Å². The zero-order valence-electron chi connectivity index (χ0n) is 66.7. The number of aliphatic hydroxyl groups is 1. The molecule has 0 heterocycles. The van der Waals surface area contributed by atoms with E-state index in [0.717, 1.165) is 232 Å². The van der Waals surface area contributed by atoms with E-state index in [1.54, 1.807) is 0 Å². The minimum absolute atomic E-state index is 0.00212. The number of carbonyl (C=O) groups is 4. The van der Waals surface area contributed by atoms with Gasteiger partial charge in [-0.1, -0.05) is 324 Å². The first-order valence-electron chi connectivity index (χ1n) is 43.9. The fourth-order valence-corrected chi connectivity index (χ4v) is 14.0. The Bertz CT molecular complexity index is 1500. The topological polar surface area (TPSA) is 132 Å². The maximum atomic E-state index is 13.2. The average molecular weight is 1390 g/mol. The van der Waals surface area contributed by atoms with E-state index in [1.807, 2.05) is 0 Å². The highest BCUT2D eigenvalue weighted by Crippen LogP contribution is 2.22. The van der Waals surface area contributed by atoms with Crippen LogP contribution < -0.4 is 0 Å². The molecular formula is C87H170N2O9. The molecular weight excluding hydrogens is 1220 g/mol. The molecule has 0 aliphatic carbocycles. The van der Waals surface area contributed by atoms with Crippen molar-refractivity contribution >= 4 is 23.9 Å². The summed E-state index contributed by atoms with van der Waals surface area (Å²) in [5, 5.41) is 12.0. The molecule has 0 saturated heterocycles. The highest BCUT2D eigenvalue weighted by atomic mass is 16.6. The lowest BCUT2D eigenvalue weighted by Gasteiger charge is -2.29. The number of carbonyl (C=O) groups excluding carboxylic acids is 4. The fourth-order valence-electron chi connectivity index (χ4n) is 14.0. The van der Waals surface area contributed by atoms with Gasteiger partial charge in [-0.25, -0.2) is 0 Å². The second-order valence-electron chi connectivity index (χ2n) is 30.5. The van der Waals surface area contributed by atoms with Crippen molar-refractivity contribution in [2.24, 2.45) is 0 Å². The maximum Gasteiger partial charge on any atom is 0.306 e. The summed E-state index contributed by atoms with van der Waals surface area (Å²) in [6.07, 6.45) is 74.0. The van der Waals surface area contributed by atoms with Crippen molar-refractivity contribution < 1.29 is 43.2 Å². The van der Waals surface area contributed by atoms with Gasteiger partial charge in [0.15, 0.2) is 0 Å². The number of ether oxygens (including phenoxy) is 4. The predicted octanol–water partition coefficient (Wildman–Crippen LogP) is 25.7. The summed E-state index contributed by atoms with van der Waals surface area (Å²) in [6, 6.07) is 0. The summed E-state index contributed by atoms with van der Waals surface area (Å²) < 4.78 is 23.5. The number of hydrogen-bond donors (Lipinski definition) is 1. The average Bonchev–Trinajstić information content (AvgIpc) is 1.69. The van der Waals surface area contributed by atoms with Crippen LogP contribution in [0.1, 0.15) is 465 Å². The second kappa shape index (κ2) is 78.9. The van der Waals surface area contributed by atoms with E-state index >= 15 is 0 Å². The Kier molecular flexibility index (Phi) is 77.1. The summed E-state index contributed by atoms with van der Waals surface area (Å²) >= 11 is 0. The molecule has 0 atom stereocenters. The van der Waals surface area contributed by atoms with Gasteiger partial charge in [0.05, 0.1) is 19.3 Å². The molecule has 1 N–H and O–H groups in total. The van der Waals surface area contributed by atoms with Gasteiger partial charge in [0, 0.05) is 38.8 Å². The highest BCUT2D eigenvalue weighted by molar-refractivity contribution is 5.70. The van der Waals surface area contributed by atoms with Gasteiger partial charge in [0.2, 0.25) is 0 Å². The Morgan fingerprint density at radius 2 is 0.439 bits per heavy atom. The Balaban J connectivity index is 5.67. The van der Waals surface area contributed by atoms with Gasteiger partial charge in [-0.3, -0.25) is 19.2 Å². The van der Waals surface area contributed by atoms with Crippen molar-refractivity contribution in [3.63, 3.8) is 0 Å². The third-order valence-electron chi connectivity index (χ3n) is 20.5. The van der Waals surface area contributed by atoms with E-state index in [9.17, 15) is 24.3 Å². The SMILES string of the molecule is CCCCCCCCCOC(=O)CCCCCCCN(CCCCCCCC(=O)OC(CCCCCCCC)CCCCCCCC)CC(O)CN(CCCCCCCC(=O)OCCCCCCCCC)CCCCCCCC(=O)OC(CCCCCCCC)CCCCCCCC. The summed E-state index contributed by atoms with van der Waals surface area (Å²) in [6.45, 7) is 19.8. The first-order valence-corrected chi connectivity index (χ1v) is 43.9. The summed E-state index contributed by atoms with van der Waals surface area (Å²) in [5.41, 5.74) is 0. The maximum absolute atomic E-state index is 13.2. The molecule has 0 aromatic heterocycles. The van der Waals surface area contributed by atoms with Gasteiger partial charge in [0.1, 0.15) is 12.2 Å². The van der Waals surface area contributed by atoms with Crippen molar-refractivity contribution in [1.82, 2.24) is 9.80 Å². The van der Waals surface area contributed by atoms with Crippen LogP contribution in [0.4, 0.5) is 0 Å². The van der Waals surface area contributed by atoms with Gasteiger partial charge in [-0.05, 0) is 142 Å². The van der Waals surface area contributed by atoms with Gasteiger partial charge in [-0.15, -0.1) is 0 Å². The molecule has 0 aliphatic heterocycles. The zero-order chi connectivity index (χ0) is 71.4. The molecule has 0 rings (SSSR count). The number of nitrogens with zero attached hydrogens (tertiary/aromatic N) is 2. The normalized spacial score (nSPS) is 11.8. The second-order valence-corrected chi connectivity index (χ2v) is 30.5. The molecule has 0 aliphatic rings. The van der Waals surface area contributed by atoms with Crippen LogP contribution >= 0.6 is 0 Å². The smallest absolute Gasteiger partial charge is 0.306 e. The molecule has 11 nitrogen and oxygen atoms in total. The standard InChI is InChI=1S/C87H170N2O9/c1-7-13-19-25-31-49-63-77-95-84(91)69-55-41-33-45-59-73-88(75-61-47-35-43-57-71-86(93)97-82(65-51-37-27-21-15-9-3)66-52-38-28-22-16-10-4)79-81(90)80-89(74-60-46-34-42-56-70-85(92)96-78-64-50-32-26-20-14-8-2)76-62-48-36-44-58-72-87(94)98-83(67-53-39-29-23-17-11-5)68-54-40-30-24-18-12-6/h81-83,90H,7-80H2,1-6H3. The highest BCUT2D eigenvalue weighted by Gasteiger charge is 2.19. The Morgan fingerprint density at radius 3 is 0.684 bits per heavy atom. The Morgan fingerprint density at radius 1 is 0.245 bits per heavy atom. The van der Waals surface area contributed by atoms with E-state index < -0.39 is 6.10 Å². The van der Waals surface area contributed by atoms with E-state index in [0.29, 0.717) is 52.0 Å². The van der Waals surface area contributed by atoms with Crippen LogP contribution in [0.3, 0.4) is 0 Å². The monoisotopic (exact) mass is 1390 g/mol. The van der Waals surface area contributed by atoms with Crippen LogP contribution in [-0.2, 0) is 38.1 Å². The molecule has 0 radical (unpaired) electrons. The number of esters is 4. The first-order chi connectivity index (χ1) is 48.1. The van der Waals surface area contributed by atoms with Crippen molar-refractivity contribution in [3.8, 4) is 0 Å². The molecule has 582 valence electrons. The molecule has 0 unspecified atom stereocenters. The molecule has 98 heavy (non-hydrogen) atoms. The predicted molar refractivity (Wildman–Crippen MR) is 419 cm³/mol. The largest absolute Gasteiger partial charge is 0.466 e. The Labute approximate surface area is 610 Å². The van der Waals surface area contributed by atoms with Crippen LogP contribution in [-0.4, -0.2) is 110 Å². The van der Waals surface area contributed by atoms with Crippen molar-refractivity contribution in [3.05, 3.63) is 0 Å². The number of rotatable bonds is 82. The summed E-state index contributed by atoms with van der Waals surface area (Å²) in [4.78, 5) is 56.4. The minimum Gasteiger partial charge on any atom is -0.466 e. The molecule has 0 spiro atoms. The van der Waals surface area contributed by atoms with Gasteiger partial charge in [-0.2, -0.15) is 0 Å². The van der Waals surface area contributed by atoms with Crippen molar-refractivity contribution in [2.75, 3.05) is 52.5 Å². The van der Waals surface area contributed by atoms with Crippen LogP contribution in [0.25, 0.3) is 0 Å². The molecule has 0 aromatic carbocycles. The number of unbranched alkanes of at least 4 members (excludes halogenated alkanes) is 48. The number of hydrogen-bond acceptors (Lipinski definition) is 11. The molecule has 0 fully saturated rings. The van der Waals surface area contributed by atoms with E-state index in [-0.39, 0.29) is 36.1 Å². The zero-order valence-corrected chi connectivity index (χ0v) is 66.7. The van der Waals surface area contributed by atoms with Crippen LogP contribution in [0.2, 0.25) is 0 Å². The lowest BCUT2D eigenvalue weighted by Crippen LogP contribution is -2.41.